The van der Waals surface area contributed by atoms with E-state index in [-0.39, 0.29) is 30.5 Å². The lowest BCUT2D eigenvalue weighted by molar-refractivity contribution is -0.117. The minimum Gasteiger partial charge on any atom is -0.392 e. The number of carbonyl (C=O) groups excluding carboxylic acids is 1. The van der Waals surface area contributed by atoms with Crippen molar-refractivity contribution in [3.63, 3.8) is 0 Å². The Hall–Kier alpha value is -2.84. The molecule has 0 aromatic heterocycles. The van der Waals surface area contributed by atoms with Gasteiger partial charge in [-0.2, -0.15) is 0 Å². The van der Waals surface area contributed by atoms with Crippen molar-refractivity contribution < 1.29 is 9.90 Å². The Morgan fingerprint density at radius 3 is 2.71 bits per heavy atom. The summed E-state index contributed by atoms with van der Waals surface area (Å²) in [7, 11) is 0. The van der Waals surface area contributed by atoms with Crippen molar-refractivity contribution in [1.29, 1.82) is 0 Å². The van der Waals surface area contributed by atoms with E-state index in [1.165, 1.54) is 0 Å². The molecule has 0 unspecified atom stereocenters. The molecule has 0 spiro atoms. The highest BCUT2D eigenvalue weighted by Gasteiger charge is 2.47. The summed E-state index contributed by atoms with van der Waals surface area (Å²) in [5.41, 5.74) is 4.27. The quantitative estimate of drug-likeness (QED) is 0.764. The van der Waals surface area contributed by atoms with Crippen molar-refractivity contribution in [3.8, 4) is 0 Å². The molecule has 0 saturated heterocycles. The Kier molecular flexibility index (Phi) is 4.82. The summed E-state index contributed by atoms with van der Waals surface area (Å²) >= 11 is 0. The first-order chi connectivity index (χ1) is 13.5. The Morgan fingerprint density at radius 2 is 2.07 bits per heavy atom. The third-order valence-corrected chi connectivity index (χ3v) is 5.97. The lowest BCUT2D eigenvalue weighted by atomic mass is 9.79. The summed E-state index contributed by atoms with van der Waals surface area (Å²) in [6.07, 6.45) is 2.31. The highest BCUT2D eigenvalue weighted by atomic mass is 16.3. The van der Waals surface area contributed by atoms with Gasteiger partial charge in [0.05, 0.1) is 19.2 Å². The third-order valence-electron chi connectivity index (χ3n) is 5.97. The van der Waals surface area contributed by atoms with Crippen LogP contribution in [-0.4, -0.2) is 17.1 Å². The molecule has 1 amide bonds. The van der Waals surface area contributed by atoms with Crippen molar-refractivity contribution >= 4 is 23.0 Å². The molecule has 4 rings (SSSR count). The first kappa shape index (κ1) is 18.5. The summed E-state index contributed by atoms with van der Waals surface area (Å²) in [5.74, 6) is 0.782. The molecule has 2 aromatic carbocycles. The molecule has 1 fully saturated rings. The van der Waals surface area contributed by atoms with Gasteiger partial charge in [0.25, 0.3) is 0 Å². The van der Waals surface area contributed by atoms with Crippen LogP contribution in [0.15, 0.2) is 42.5 Å². The van der Waals surface area contributed by atoms with Crippen molar-refractivity contribution in [1.82, 2.24) is 0 Å². The summed E-state index contributed by atoms with van der Waals surface area (Å²) < 4.78 is 0. The molecule has 1 heterocycles. The molecule has 2 aliphatic rings. The predicted molar refractivity (Wildman–Crippen MR) is 110 cm³/mol. The molecular formula is C23H25N3O2. The van der Waals surface area contributed by atoms with E-state index < -0.39 is 0 Å². The highest BCUT2D eigenvalue weighted by molar-refractivity contribution is 5.94. The first-order valence-corrected chi connectivity index (χ1v) is 9.81. The van der Waals surface area contributed by atoms with Crippen LogP contribution < -0.4 is 10.2 Å². The fraction of sp³-hybridized carbons (Fsp3) is 0.391. The second-order valence-electron chi connectivity index (χ2n) is 7.91. The molecule has 0 radical (unpaired) electrons. The molecular weight excluding hydrogens is 350 g/mol. The zero-order valence-electron chi connectivity index (χ0n) is 16.2. The van der Waals surface area contributed by atoms with Gasteiger partial charge in [0.1, 0.15) is 0 Å². The number of amides is 1. The molecule has 5 nitrogen and oxygen atoms in total. The van der Waals surface area contributed by atoms with E-state index in [1.807, 2.05) is 41.3 Å². The molecule has 28 heavy (non-hydrogen) atoms. The summed E-state index contributed by atoms with van der Waals surface area (Å²) in [6.45, 7) is 11.2. The van der Waals surface area contributed by atoms with E-state index in [1.54, 1.807) is 13.0 Å². The Labute approximate surface area is 165 Å². The van der Waals surface area contributed by atoms with Gasteiger partial charge in [-0.25, -0.2) is 4.85 Å². The number of rotatable bonds is 4. The van der Waals surface area contributed by atoms with Crippen molar-refractivity contribution in [2.75, 3.05) is 10.2 Å². The minimum atomic E-state index is -0.00755. The lowest BCUT2D eigenvalue weighted by Crippen LogP contribution is -2.51. The summed E-state index contributed by atoms with van der Waals surface area (Å²) in [4.78, 5) is 18.1. The molecule has 2 N–H and O–H groups in total. The van der Waals surface area contributed by atoms with Crippen molar-refractivity contribution in [3.05, 3.63) is 65.0 Å². The fourth-order valence-corrected chi connectivity index (χ4v) is 4.56. The zero-order valence-corrected chi connectivity index (χ0v) is 16.2. The van der Waals surface area contributed by atoms with Crippen LogP contribution in [0.3, 0.4) is 0 Å². The van der Waals surface area contributed by atoms with Gasteiger partial charge in [-0.3, -0.25) is 4.79 Å². The monoisotopic (exact) mass is 375 g/mol. The largest absolute Gasteiger partial charge is 0.392 e. The van der Waals surface area contributed by atoms with Crippen LogP contribution in [0.5, 0.6) is 0 Å². The van der Waals surface area contributed by atoms with Crippen LogP contribution in [0.1, 0.15) is 43.9 Å². The maximum atomic E-state index is 12.6. The average molecular weight is 375 g/mol. The normalized spacial score (nSPS) is 23.6. The van der Waals surface area contributed by atoms with Gasteiger partial charge in [-0.1, -0.05) is 25.1 Å². The molecule has 0 bridgehead atoms. The summed E-state index contributed by atoms with van der Waals surface area (Å²) in [6, 6.07) is 13.5. The number of fused-ring (bicyclic) bond motifs is 1. The number of benzene rings is 2. The van der Waals surface area contributed by atoms with Crippen LogP contribution in [0, 0.1) is 18.4 Å². The maximum Gasteiger partial charge on any atom is 0.224 e. The molecule has 5 heteroatoms. The smallest absolute Gasteiger partial charge is 0.224 e. The van der Waals surface area contributed by atoms with Gasteiger partial charge in [0.15, 0.2) is 5.69 Å². The standard InChI is InChI=1S/C23H25N3O2/c1-14-22(25-19-6-4-5-16(11-19)13-27)20-12-18(24-3)9-10-21(20)26(15(2)28)23(14)17-7-8-17/h4-6,9-12,14,17,22-23,25,27H,7-8,13H2,1-2H3/t14-,22-,23-/m1/s1. The number of aliphatic hydroxyl groups is 1. The number of hydrogen-bond donors (Lipinski definition) is 2. The minimum absolute atomic E-state index is 0.00296. The van der Waals surface area contributed by atoms with Crippen LogP contribution in [0.25, 0.3) is 4.85 Å². The van der Waals surface area contributed by atoms with Gasteiger partial charge >= 0.3 is 0 Å². The second kappa shape index (κ2) is 7.29. The van der Waals surface area contributed by atoms with Gasteiger partial charge in [0.2, 0.25) is 5.91 Å². The Balaban J connectivity index is 1.80. The van der Waals surface area contributed by atoms with Crippen LogP contribution in [-0.2, 0) is 11.4 Å². The maximum absolute atomic E-state index is 12.6. The van der Waals surface area contributed by atoms with E-state index >= 15 is 0 Å². The van der Waals surface area contributed by atoms with Gasteiger partial charge in [-0.05, 0) is 54.2 Å². The topological polar surface area (TPSA) is 56.9 Å². The van der Waals surface area contributed by atoms with Crippen molar-refractivity contribution in [2.45, 2.75) is 45.4 Å². The number of nitrogens with zero attached hydrogens (tertiary/aromatic N) is 2. The van der Waals surface area contributed by atoms with E-state index in [4.69, 9.17) is 6.57 Å². The Morgan fingerprint density at radius 1 is 1.29 bits per heavy atom. The third kappa shape index (κ3) is 3.25. The van der Waals surface area contributed by atoms with Gasteiger partial charge < -0.3 is 15.3 Å². The van der Waals surface area contributed by atoms with E-state index in [0.29, 0.717) is 11.6 Å². The molecule has 3 atom stereocenters. The molecule has 1 saturated carbocycles. The number of nitrogens with one attached hydrogen (secondary N) is 1. The van der Waals surface area contributed by atoms with Gasteiger partial charge in [0, 0.05) is 30.3 Å². The second-order valence-corrected chi connectivity index (χ2v) is 7.91. The number of aliphatic hydroxyl groups excluding tert-OH is 1. The molecule has 1 aliphatic heterocycles. The zero-order chi connectivity index (χ0) is 19.8. The molecule has 144 valence electrons. The van der Waals surface area contributed by atoms with E-state index in [0.717, 1.165) is 35.3 Å². The molecule has 1 aliphatic carbocycles. The predicted octanol–water partition coefficient (Wildman–Crippen LogP) is 4.66. The fourth-order valence-electron chi connectivity index (χ4n) is 4.56. The SMILES string of the molecule is [C-]#[N+]c1ccc2c(c1)[C@H](Nc1cccc(CO)c1)[C@@H](C)[C@H](C1CC1)N2C(C)=O. The van der Waals surface area contributed by atoms with E-state index in [2.05, 4.69) is 17.1 Å². The van der Waals surface area contributed by atoms with Crippen LogP contribution in [0.4, 0.5) is 17.1 Å². The van der Waals surface area contributed by atoms with Gasteiger partial charge in [-0.15, -0.1) is 0 Å². The number of carbonyl (C=O) groups is 1. The Bertz CT molecular complexity index is 945. The first-order valence-electron chi connectivity index (χ1n) is 9.81. The number of anilines is 2. The van der Waals surface area contributed by atoms with Crippen LogP contribution in [0.2, 0.25) is 0 Å². The van der Waals surface area contributed by atoms with Crippen molar-refractivity contribution in [2.24, 2.45) is 11.8 Å². The van der Waals surface area contributed by atoms with Crippen LogP contribution >= 0.6 is 0 Å². The lowest BCUT2D eigenvalue weighted by Gasteiger charge is -2.46. The number of hydrogen-bond acceptors (Lipinski definition) is 3. The van der Waals surface area contributed by atoms with E-state index in [9.17, 15) is 9.90 Å². The molecule has 2 aromatic rings. The average Bonchev–Trinajstić information content (AvgIpc) is 3.54. The highest BCUT2D eigenvalue weighted by Crippen LogP contribution is 2.50. The summed E-state index contributed by atoms with van der Waals surface area (Å²) in [5, 5.41) is 13.1.